The van der Waals surface area contributed by atoms with E-state index in [-0.39, 0.29) is 6.61 Å². The van der Waals surface area contributed by atoms with Crippen LogP contribution in [0.2, 0.25) is 0 Å². The first-order chi connectivity index (χ1) is 18.2. The fourth-order valence-corrected chi connectivity index (χ4v) is 3.58. The minimum Gasteiger partial charge on any atom is -0.462 e. The number of ether oxygens (including phenoxy) is 3. The molecule has 0 atom stereocenters. The normalized spacial score (nSPS) is 11.9. The number of halogens is 3. The third kappa shape index (κ3) is 6.87. The number of fused-ring (bicyclic) bond motifs is 1. The van der Waals surface area contributed by atoms with E-state index in [1.165, 1.54) is 48.5 Å². The maximum absolute atomic E-state index is 15.2. The summed E-state index contributed by atoms with van der Waals surface area (Å²) < 4.78 is 60.2. The molecule has 1 aromatic heterocycles. The molecule has 0 aliphatic carbocycles. The van der Waals surface area contributed by atoms with Crippen molar-refractivity contribution in [3.05, 3.63) is 49.5 Å². The Hall–Kier alpha value is -4.17. The van der Waals surface area contributed by atoms with Crippen LogP contribution in [0.4, 0.5) is 18.9 Å². The molecule has 0 fully saturated rings. The van der Waals surface area contributed by atoms with E-state index >= 15 is 4.39 Å². The molecule has 220 valence electrons. The average molecular weight is 574 g/mol. The Bertz CT molecular complexity index is 1400. The van der Waals surface area contributed by atoms with Crippen LogP contribution in [0.5, 0.6) is 0 Å². The summed E-state index contributed by atoms with van der Waals surface area (Å²) in [6.07, 6.45) is 0.675. The van der Waals surface area contributed by atoms with Gasteiger partial charge in [-0.1, -0.05) is 0 Å². The number of hydrogen-bond acceptors (Lipinski definition) is 10. The Morgan fingerprint density at radius 3 is 1.93 bits per heavy atom. The SMILES string of the molecule is CCOC(=O)c1cn(N(C)CC(C(=O)OC(C)(C)C)C(=O)OC(C)(C)C)c2c(F)c(F)c(F)c([N+](=O)[O-])c2c1=O. The molecule has 0 aliphatic heterocycles. The Labute approximate surface area is 226 Å². The van der Waals surface area contributed by atoms with Gasteiger partial charge < -0.3 is 19.2 Å². The Morgan fingerprint density at radius 1 is 1.00 bits per heavy atom. The standard InChI is InChI=1S/C25H30F3N3O9/c1-9-38-21(33)12-11-30(18-14(20(12)32)19(31(36)37)17(28)15(26)16(18)27)29(8)10-13(22(34)39-24(2,3)4)23(35)40-25(5,6)7/h11,13H,9-10H2,1-8H3. The van der Waals surface area contributed by atoms with Crippen LogP contribution in [0.15, 0.2) is 11.0 Å². The van der Waals surface area contributed by atoms with E-state index in [4.69, 9.17) is 14.2 Å². The molecule has 12 nitrogen and oxygen atoms in total. The van der Waals surface area contributed by atoms with Crippen LogP contribution in [-0.2, 0) is 23.8 Å². The molecule has 0 amide bonds. The molecule has 0 aliphatic rings. The van der Waals surface area contributed by atoms with E-state index in [0.717, 1.165) is 12.1 Å². The second-order valence-electron chi connectivity index (χ2n) is 10.7. The highest BCUT2D eigenvalue weighted by molar-refractivity contribution is 5.98. The molecule has 0 radical (unpaired) electrons. The number of benzene rings is 1. The van der Waals surface area contributed by atoms with E-state index in [1.807, 2.05) is 0 Å². The Balaban J connectivity index is 2.89. The summed E-state index contributed by atoms with van der Waals surface area (Å²) in [5.74, 6) is -11.7. The van der Waals surface area contributed by atoms with E-state index in [1.54, 1.807) is 0 Å². The number of carbonyl (C=O) groups is 3. The average Bonchev–Trinajstić information content (AvgIpc) is 2.78. The van der Waals surface area contributed by atoms with Crippen LogP contribution in [0.1, 0.15) is 58.8 Å². The molecule has 2 aromatic rings. The minimum atomic E-state index is -2.26. The molecular formula is C25H30F3N3O9. The van der Waals surface area contributed by atoms with Gasteiger partial charge in [-0.15, -0.1) is 0 Å². The molecule has 0 N–H and O–H groups in total. The highest BCUT2D eigenvalue weighted by Crippen LogP contribution is 2.32. The molecular weight excluding hydrogens is 543 g/mol. The van der Waals surface area contributed by atoms with Crippen molar-refractivity contribution >= 4 is 34.5 Å². The van der Waals surface area contributed by atoms with Crippen molar-refractivity contribution in [3.8, 4) is 0 Å². The molecule has 0 saturated carbocycles. The van der Waals surface area contributed by atoms with Crippen molar-refractivity contribution in [2.75, 3.05) is 25.2 Å². The first kappa shape index (κ1) is 32.0. The number of nitro benzene ring substituents is 1. The van der Waals surface area contributed by atoms with E-state index in [9.17, 15) is 38.1 Å². The number of rotatable bonds is 8. The van der Waals surface area contributed by atoms with Crippen molar-refractivity contribution in [2.45, 2.75) is 59.7 Å². The predicted molar refractivity (Wildman–Crippen MR) is 135 cm³/mol. The van der Waals surface area contributed by atoms with Gasteiger partial charge in [0.15, 0.2) is 11.7 Å². The zero-order chi connectivity index (χ0) is 30.9. The third-order valence-corrected chi connectivity index (χ3v) is 5.10. The number of nitrogens with zero attached hydrogens (tertiary/aromatic N) is 3. The molecule has 40 heavy (non-hydrogen) atoms. The highest BCUT2D eigenvalue weighted by atomic mass is 19.2. The summed E-state index contributed by atoms with van der Waals surface area (Å²) >= 11 is 0. The third-order valence-electron chi connectivity index (χ3n) is 5.10. The van der Waals surface area contributed by atoms with E-state index in [2.05, 4.69) is 0 Å². The number of nitro groups is 1. The van der Waals surface area contributed by atoms with Gasteiger partial charge in [0.25, 0.3) is 0 Å². The number of esters is 3. The monoisotopic (exact) mass is 573 g/mol. The Morgan fingerprint density at radius 2 is 1.50 bits per heavy atom. The zero-order valence-corrected chi connectivity index (χ0v) is 23.2. The lowest BCUT2D eigenvalue weighted by atomic mass is 10.1. The molecule has 2 rings (SSSR count). The smallest absolute Gasteiger partial charge is 0.343 e. The molecule has 1 aromatic carbocycles. The van der Waals surface area contributed by atoms with E-state index < -0.39 is 91.5 Å². The lowest BCUT2D eigenvalue weighted by molar-refractivity contribution is -0.386. The predicted octanol–water partition coefficient (Wildman–Crippen LogP) is 3.37. The topological polar surface area (TPSA) is 147 Å². The summed E-state index contributed by atoms with van der Waals surface area (Å²) in [6, 6.07) is 0. The first-order valence-electron chi connectivity index (χ1n) is 12.0. The number of pyridine rings is 1. The second kappa shape index (κ2) is 11.5. The van der Waals surface area contributed by atoms with Gasteiger partial charge in [-0.05, 0) is 48.5 Å². The number of carbonyl (C=O) groups excluding carboxylic acids is 3. The van der Waals surface area contributed by atoms with Gasteiger partial charge in [0.2, 0.25) is 17.1 Å². The summed E-state index contributed by atoms with van der Waals surface area (Å²) in [6.45, 7) is 9.69. The fraction of sp³-hybridized carbons (Fsp3) is 0.520. The van der Waals surface area contributed by atoms with Gasteiger partial charge in [-0.2, -0.15) is 4.39 Å². The fourth-order valence-electron chi connectivity index (χ4n) is 3.58. The van der Waals surface area contributed by atoms with E-state index in [0.29, 0.717) is 10.9 Å². The van der Waals surface area contributed by atoms with Crippen LogP contribution in [0, 0.1) is 33.5 Å². The lowest BCUT2D eigenvalue weighted by Crippen LogP contribution is -2.46. The quantitative estimate of drug-likeness (QED) is 0.115. The summed E-state index contributed by atoms with van der Waals surface area (Å²) in [7, 11) is 1.13. The van der Waals surface area contributed by atoms with Crippen LogP contribution in [0.25, 0.3) is 10.9 Å². The molecule has 0 saturated heterocycles. The molecule has 15 heteroatoms. The first-order valence-corrected chi connectivity index (χ1v) is 12.0. The lowest BCUT2D eigenvalue weighted by Gasteiger charge is -2.31. The summed E-state index contributed by atoms with van der Waals surface area (Å²) in [5, 5.41) is 11.2. The van der Waals surface area contributed by atoms with Gasteiger partial charge in [0, 0.05) is 13.2 Å². The van der Waals surface area contributed by atoms with Gasteiger partial charge in [-0.25, -0.2) is 13.6 Å². The van der Waals surface area contributed by atoms with Gasteiger partial charge in [0.1, 0.15) is 27.7 Å². The number of hydrogen-bond donors (Lipinski definition) is 0. The molecule has 0 spiro atoms. The molecule has 0 unspecified atom stereocenters. The van der Waals surface area contributed by atoms with Crippen molar-refractivity contribution in [1.82, 2.24) is 4.68 Å². The van der Waals surface area contributed by atoms with Crippen LogP contribution in [0.3, 0.4) is 0 Å². The molecule has 1 heterocycles. The van der Waals surface area contributed by atoms with Crippen molar-refractivity contribution in [3.63, 3.8) is 0 Å². The second-order valence-corrected chi connectivity index (χ2v) is 10.7. The number of aromatic nitrogens is 1. The molecule has 0 bridgehead atoms. The van der Waals surface area contributed by atoms with Gasteiger partial charge in [-0.3, -0.25) is 29.2 Å². The zero-order valence-electron chi connectivity index (χ0n) is 23.2. The van der Waals surface area contributed by atoms with Crippen LogP contribution >= 0.6 is 0 Å². The maximum Gasteiger partial charge on any atom is 0.343 e. The van der Waals surface area contributed by atoms with Gasteiger partial charge in [0.05, 0.1) is 18.1 Å². The highest BCUT2D eigenvalue weighted by Gasteiger charge is 2.38. The Kier molecular flexibility index (Phi) is 9.23. The van der Waals surface area contributed by atoms with Crippen molar-refractivity contribution < 1.29 is 46.7 Å². The largest absolute Gasteiger partial charge is 0.462 e. The van der Waals surface area contributed by atoms with Crippen molar-refractivity contribution in [2.24, 2.45) is 5.92 Å². The van der Waals surface area contributed by atoms with Crippen LogP contribution < -0.4 is 10.4 Å². The van der Waals surface area contributed by atoms with Gasteiger partial charge >= 0.3 is 23.6 Å². The summed E-state index contributed by atoms with van der Waals surface area (Å²) in [4.78, 5) is 61.8. The van der Waals surface area contributed by atoms with Crippen LogP contribution in [-0.4, -0.2) is 58.9 Å². The van der Waals surface area contributed by atoms with Crippen molar-refractivity contribution in [1.29, 1.82) is 0 Å². The minimum absolute atomic E-state index is 0.236. The summed E-state index contributed by atoms with van der Waals surface area (Å²) in [5.41, 5.74) is -7.34. The maximum atomic E-state index is 15.2.